The van der Waals surface area contributed by atoms with Gasteiger partial charge in [0.2, 0.25) is 0 Å². The van der Waals surface area contributed by atoms with E-state index in [1.165, 1.54) is 6.42 Å². The first-order valence-electron chi connectivity index (χ1n) is 6.69. The predicted molar refractivity (Wildman–Crippen MR) is 76.7 cm³/mol. The van der Waals surface area contributed by atoms with Crippen LogP contribution in [0.2, 0.25) is 0 Å². The van der Waals surface area contributed by atoms with Crippen LogP contribution >= 0.6 is 0 Å². The molecule has 2 rings (SSSR count). The highest BCUT2D eigenvalue weighted by atomic mass is 16.6. The van der Waals surface area contributed by atoms with Gasteiger partial charge in [0.1, 0.15) is 5.69 Å². The molecule has 19 heavy (non-hydrogen) atoms. The Morgan fingerprint density at radius 3 is 2.68 bits per heavy atom. The summed E-state index contributed by atoms with van der Waals surface area (Å²) in [6, 6.07) is 5.17. The van der Waals surface area contributed by atoms with Crippen LogP contribution < -0.4 is 16.0 Å². The number of nitrogens with one attached hydrogen (secondary N) is 1. The third kappa shape index (κ3) is 3.35. The molecule has 1 saturated heterocycles. The van der Waals surface area contributed by atoms with E-state index in [-0.39, 0.29) is 10.6 Å². The van der Waals surface area contributed by atoms with Crippen LogP contribution in [0.25, 0.3) is 0 Å². The summed E-state index contributed by atoms with van der Waals surface area (Å²) in [6.45, 7) is 2.98. The van der Waals surface area contributed by atoms with Crippen molar-refractivity contribution in [1.29, 1.82) is 0 Å². The Kier molecular flexibility index (Phi) is 4.57. The largest absolute Gasteiger partial charge is 0.384 e. The molecule has 0 aliphatic carbocycles. The molecule has 6 nitrogen and oxygen atoms in total. The quantitative estimate of drug-likeness (QED) is 0.627. The van der Waals surface area contributed by atoms with Gasteiger partial charge in [-0.2, -0.15) is 0 Å². The average Bonchev–Trinajstić information content (AvgIpc) is 2.45. The number of nitro groups is 1. The molecule has 0 radical (unpaired) electrons. The van der Waals surface area contributed by atoms with E-state index in [1.54, 1.807) is 12.1 Å². The van der Waals surface area contributed by atoms with E-state index in [0.717, 1.165) is 31.6 Å². The van der Waals surface area contributed by atoms with E-state index < -0.39 is 0 Å². The average molecular weight is 264 g/mol. The standard InChI is InChI=1S/C13H20N4O2/c14-6-7-15-11-4-5-12(17(18)19)13(10-11)16-8-2-1-3-9-16/h4-5,10,15H,1-3,6-9,14H2. The first-order chi connectivity index (χ1) is 9.22. The third-order valence-corrected chi connectivity index (χ3v) is 3.34. The van der Waals surface area contributed by atoms with Gasteiger partial charge >= 0.3 is 0 Å². The molecule has 0 saturated carbocycles. The number of piperidine rings is 1. The van der Waals surface area contributed by atoms with E-state index >= 15 is 0 Å². The van der Waals surface area contributed by atoms with Gasteiger partial charge in [0.15, 0.2) is 0 Å². The number of nitrogens with two attached hydrogens (primary N) is 1. The van der Waals surface area contributed by atoms with Gasteiger partial charge in [-0.1, -0.05) is 0 Å². The number of hydrogen-bond acceptors (Lipinski definition) is 5. The van der Waals surface area contributed by atoms with Crippen LogP contribution in [0.15, 0.2) is 18.2 Å². The van der Waals surface area contributed by atoms with Crippen LogP contribution in [0, 0.1) is 10.1 Å². The molecule has 1 aliphatic heterocycles. The molecule has 1 aromatic carbocycles. The summed E-state index contributed by atoms with van der Waals surface area (Å²) in [5.74, 6) is 0. The molecular weight excluding hydrogens is 244 g/mol. The summed E-state index contributed by atoms with van der Waals surface area (Å²) in [5.41, 5.74) is 7.24. The van der Waals surface area contributed by atoms with Crippen molar-refractivity contribution in [2.75, 3.05) is 36.4 Å². The Balaban J connectivity index is 2.27. The number of anilines is 2. The van der Waals surface area contributed by atoms with E-state index in [2.05, 4.69) is 10.2 Å². The van der Waals surface area contributed by atoms with Crippen molar-refractivity contribution in [2.24, 2.45) is 5.73 Å². The highest BCUT2D eigenvalue weighted by molar-refractivity contribution is 5.69. The molecule has 3 N–H and O–H groups in total. The Morgan fingerprint density at radius 2 is 2.05 bits per heavy atom. The van der Waals surface area contributed by atoms with E-state index in [1.807, 2.05) is 6.07 Å². The third-order valence-electron chi connectivity index (χ3n) is 3.34. The zero-order chi connectivity index (χ0) is 13.7. The molecule has 0 unspecified atom stereocenters. The topological polar surface area (TPSA) is 84.4 Å². The Morgan fingerprint density at radius 1 is 1.32 bits per heavy atom. The number of benzene rings is 1. The van der Waals surface area contributed by atoms with Crippen molar-refractivity contribution in [3.05, 3.63) is 28.3 Å². The molecular formula is C13H20N4O2. The summed E-state index contributed by atoms with van der Waals surface area (Å²) in [4.78, 5) is 12.9. The Bertz CT molecular complexity index is 444. The molecule has 1 aliphatic rings. The van der Waals surface area contributed by atoms with Crippen LogP contribution in [0.4, 0.5) is 17.1 Å². The second kappa shape index (κ2) is 6.38. The molecule has 6 heteroatoms. The lowest BCUT2D eigenvalue weighted by molar-refractivity contribution is -0.384. The summed E-state index contributed by atoms with van der Waals surface area (Å²) in [6.07, 6.45) is 3.39. The lowest BCUT2D eigenvalue weighted by Gasteiger charge is -2.28. The molecule has 0 aromatic heterocycles. The molecule has 1 heterocycles. The minimum Gasteiger partial charge on any atom is -0.384 e. The zero-order valence-corrected chi connectivity index (χ0v) is 11.0. The number of hydrogen-bond donors (Lipinski definition) is 2. The fourth-order valence-electron chi connectivity index (χ4n) is 2.39. The van der Waals surface area contributed by atoms with Crippen molar-refractivity contribution in [2.45, 2.75) is 19.3 Å². The second-order valence-corrected chi connectivity index (χ2v) is 4.72. The van der Waals surface area contributed by atoms with Crippen LogP contribution in [0.5, 0.6) is 0 Å². The summed E-state index contributed by atoms with van der Waals surface area (Å²) in [5, 5.41) is 14.3. The summed E-state index contributed by atoms with van der Waals surface area (Å²) >= 11 is 0. The highest BCUT2D eigenvalue weighted by Crippen LogP contribution is 2.32. The first kappa shape index (κ1) is 13.6. The van der Waals surface area contributed by atoms with Crippen LogP contribution in [0.3, 0.4) is 0 Å². The number of nitrogens with zero attached hydrogens (tertiary/aromatic N) is 2. The SMILES string of the molecule is NCCNc1ccc([N+](=O)[O-])c(N2CCCCC2)c1. The van der Waals surface area contributed by atoms with Crippen molar-refractivity contribution >= 4 is 17.1 Å². The molecule has 0 bridgehead atoms. The first-order valence-corrected chi connectivity index (χ1v) is 6.69. The monoisotopic (exact) mass is 264 g/mol. The summed E-state index contributed by atoms with van der Waals surface area (Å²) < 4.78 is 0. The highest BCUT2D eigenvalue weighted by Gasteiger charge is 2.21. The van der Waals surface area contributed by atoms with Gasteiger partial charge < -0.3 is 16.0 Å². The Labute approximate surface area is 112 Å². The van der Waals surface area contributed by atoms with Crippen LogP contribution in [-0.4, -0.2) is 31.1 Å². The summed E-state index contributed by atoms with van der Waals surface area (Å²) in [7, 11) is 0. The van der Waals surface area contributed by atoms with E-state index in [0.29, 0.717) is 18.8 Å². The maximum atomic E-state index is 11.1. The lowest BCUT2D eigenvalue weighted by Crippen LogP contribution is -2.30. The predicted octanol–water partition coefficient (Wildman–Crippen LogP) is 1.96. The van der Waals surface area contributed by atoms with Gasteiger partial charge in [-0.05, 0) is 31.4 Å². The normalized spacial score (nSPS) is 15.3. The smallest absolute Gasteiger partial charge is 0.292 e. The fraction of sp³-hybridized carbons (Fsp3) is 0.538. The van der Waals surface area contributed by atoms with Gasteiger partial charge in [0.25, 0.3) is 5.69 Å². The lowest BCUT2D eigenvalue weighted by atomic mass is 10.1. The van der Waals surface area contributed by atoms with Crippen molar-refractivity contribution in [1.82, 2.24) is 0 Å². The van der Waals surface area contributed by atoms with E-state index in [9.17, 15) is 10.1 Å². The maximum absolute atomic E-state index is 11.1. The molecule has 1 fully saturated rings. The van der Waals surface area contributed by atoms with Gasteiger partial charge in [0.05, 0.1) is 4.92 Å². The molecule has 0 atom stereocenters. The van der Waals surface area contributed by atoms with Crippen LogP contribution in [0.1, 0.15) is 19.3 Å². The van der Waals surface area contributed by atoms with E-state index in [4.69, 9.17) is 5.73 Å². The number of nitro benzene ring substituents is 1. The number of rotatable bonds is 5. The second-order valence-electron chi connectivity index (χ2n) is 4.72. The minimum atomic E-state index is -0.309. The van der Waals surface area contributed by atoms with Gasteiger partial charge in [-0.3, -0.25) is 10.1 Å². The van der Waals surface area contributed by atoms with Crippen LogP contribution in [-0.2, 0) is 0 Å². The molecule has 104 valence electrons. The fourth-order valence-corrected chi connectivity index (χ4v) is 2.39. The molecule has 0 amide bonds. The van der Waals surface area contributed by atoms with Crippen molar-refractivity contribution < 1.29 is 4.92 Å². The van der Waals surface area contributed by atoms with Crippen molar-refractivity contribution in [3.63, 3.8) is 0 Å². The zero-order valence-electron chi connectivity index (χ0n) is 11.0. The van der Waals surface area contributed by atoms with Gasteiger partial charge in [-0.15, -0.1) is 0 Å². The van der Waals surface area contributed by atoms with Gasteiger partial charge in [0, 0.05) is 37.9 Å². The Hall–Kier alpha value is -1.82. The van der Waals surface area contributed by atoms with Crippen molar-refractivity contribution in [3.8, 4) is 0 Å². The minimum absolute atomic E-state index is 0.181. The maximum Gasteiger partial charge on any atom is 0.292 e. The molecule has 0 spiro atoms. The van der Waals surface area contributed by atoms with Gasteiger partial charge in [-0.25, -0.2) is 0 Å². The molecule has 1 aromatic rings.